The minimum Gasteiger partial charge on any atom is -0.330 e. The molecule has 0 aromatic heterocycles. The molecule has 78 valence electrons. The quantitative estimate of drug-likeness (QED) is 0.806. The lowest BCUT2D eigenvalue weighted by Gasteiger charge is -2.14. The molecule has 2 N–H and O–H groups in total. The minimum absolute atomic E-state index is 0.119. The molecule has 4 heteroatoms. The highest BCUT2D eigenvalue weighted by atomic mass is 19.1. The Kier molecular flexibility index (Phi) is 2.20. The monoisotopic (exact) mass is 208 g/mol. The predicted octanol–water partition coefficient (Wildman–Crippen LogP) is 1.83. The van der Waals surface area contributed by atoms with Crippen LogP contribution in [-0.2, 0) is 5.41 Å². The van der Waals surface area contributed by atoms with Crippen LogP contribution in [0.2, 0.25) is 0 Å². The van der Waals surface area contributed by atoms with Crippen LogP contribution in [0.4, 0.5) is 8.78 Å². The van der Waals surface area contributed by atoms with E-state index in [9.17, 15) is 8.78 Å². The van der Waals surface area contributed by atoms with E-state index in [1.165, 1.54) is 6.07 Å². The highest BCUT2D eigenvalue weighted by molar-refractivity contribution is 5.41. The summed E-state index contributed by atoms with van der Waals surface area (Å²) in [6.45, 7) is 0.334. The second kappa shape index (κ2) is 3.28. The molecule has 0 saturated heterocycles. The summed E-state index contributed by atoms with van der Waals surface area (Å²) in [5, 5.41) is 8.65. The highest BCUT2D eigenvalue weighted by Crippen LogP contribution is 2.48. The van der Waals surface area contributed by atoms with Crippen molar-refractivity contribution in [1.29, 1.82) is 5.26 Å². The number of hydrogen-bond acceptors (Lipinski definition) is 2. The first kappa shape index (κ1) is 10.1. The molecule has 0 radical (unpaired) electrons. The molecule has 0 bridgehead atoms. The molecule has 0 unspecified atom stereocenters. The highest BCUT2D eigenvalue weighted by Gasteiger charge is 2.45. The van der Waals surface area contributed by atoms with E-state index < -0.39 is 11.6 Å². The van der Waals surface area contributed by atoms with Crippen molar-refractivity contribution in [3.63, 3.8) is 0 Å². The molecule has 0 aliphatic heterocycles. The molecule has 1 aliphatic rings. The van der Waals surface area contributed by atoms with E-state index in [0.717, 1.165) is 18.9 Å². The van der Waals surface area contributed by atoms with Gasteiger partial charge in [-0.05, 0) is 24.5 Å². The fourth-order valence-corrected chi connectivity index (χ4v) is 1.78. The Labute approximate surface area is 86.3 Å². The number of halogens is 2. The molecule has 1 aliphatic carbocycles. The Morgan fingerprint density at radius 2 is 2.00 bits per heavy atom. The summed E-state index contributed by atoms with van der Waals surface area (Å²) in [6.07, 6.45) is 1.61. The van der Waals surface area contributed by atoms with Gasteiger partial charge in [0.25, 0.3) is 0 Å². The Morgan fingerprint density at radius 3 is 2.47 bits per heavy atom. The molecular weight excluding hydrogens is 198 g/mol. The van der Waals surface area contributed by atoms with Crippen molar-refractivity contribution in [2.24, 2.45) is 5.73 Å². The molecule has 1 aromatic carbocycles. The van der Waals surface area contributed by atoms with Gasteiger partial charge in [0, 0.05) is 18.0 Å². The predicted molar refractivity (Wildman–Crippen MR) is 51.0 cm³/mol. The number of nitrogens with two attached hydrogens (primary N) is 1. The summed E-state index contributed by atoms with van der Waals surface area (Å²) in [5.74, 6) is -1.42. The standard InChI is InChI=1S/C11H10F2N2/c12-9-4-10(13)8(3-7(9)5-14)11(6-15)1-2-11/h3-4H,1-2,6,15H2. The lowest BCUT2D eigenvalue weighted by atomic mass is 9.94. The van der Waals surface area contributed by atoms with Crippen molar-refractivity contribution in [2.75, 3.05) is 6.54 Å². The van der Waals surface area contributed by atoms with Gasteiger partial charge < -0.3 is 5.73 Å². The van der Waals surface area contributed by atoms with Crippen LogP contribution in [0, 0.1) is 23.0 Å². The third-order valence-corrected chi connectivity index (χ3v) is 2.99. The maximum atomic E-state index is 13.5. The fourth-order valence-electron chi connectivity index (χ4n) is 1.78. The van der Waals surface area contributed by atoms with E-state index in [-0.39, 0.29) is 11.0 Å². The van der Waals surface area contributed by atoms with Crippen molar-refractivity contribution in [3.8, 4) is 6.07 Å². The van der Waals surface area contributed by atoms with E-state index >= 15 is 0 Å². The largest absolute Gasteiger partial charge is 0.330 e. The summed E-state index contributed by atoms with van der Waals surface area (Å²) < 4.78 is 26.5. The van der Waals surface area contributed by atoms with Crippen LogP contribution >= 0.6 is 0 Å². The zero-order chi connectivity index (χ0) is 11.1. The van der Waals surface area contributed by atoms with Crippen LogP contribution in [0.15, 0.2) is 12.1 Å². The van der Waals surface area contributed by atoms with Crippen LogP contribution in [-0.4, -0.2) is 6.54 Å². The van der Waals surface area contributed by atoms with Crippen LogP contribution in [0.5, 0.6) is 0 Å². The molecule has 1 saturated carbocycles. The second-order valence-corrected chi connectivity index (χ2v) is 3.91. The van der Waals surface area contributed by atoms with Gasteiger partial charge in [-0.1, -0.05) is 0 Å². The van der Waals surface area contributed by atoms with Crippen LogP contribution < -0.4 is 5.73 Å². The van der Waals surface area contributed by atoms with Gasteiger partial charge in [-0.15, -0.1) is 0 Å². The summed E-state index contributed by atoms with van der Waals surface area (Å²) in [5.41, 5.74) is 5.46. The second-order valence-electron chi connectivity index (χ2n) is 3.91. The van der Waals surface area contributed by atoms with E-state index in [1.807, 2.05) is 0 Å². The lowest BCUT2D eigenvalue weighted by Crippen LogP contribution is -2.21. The summed E-state index contributed by atoms with van der Waals surface area (Å²) in [7, 11) is 0. The van der Waals surface area contributed by atoms with E-state index in [0.29, 0.717) is 12.1 Å². The van der Waals surface area contributed by atoms with Crippen LogP contribution in [0.3, 0.4) is 0 Å². The van der Waals surface area contributed by atoms with Crippen molar-refractivity contribution in [2.45, 2.75) is 18.3 Å². The first-order valence-electron chi connectivity index (χ1n) is 4.73. The molecule has 2 nitrogen and oxygen atoms in total. The molecule has 1 aromatic rings. The van der Waals surface area contributed by atoms with Gasteiger partial charge in [-0.25, -0.2) is 8.78 Å². The molecule has 0 amide bonds. The maximum Gasteiger partial charge on any atom is 0.143 e. The maximum absolute atomic E-state index is 13.5. The number of benzene rings is 1. The third kappa shape index (κ3) is 1.49. The molecule has 1 fully saturated rings. The minimum atomic E-state index is -0.813. The normalized spacial score (nSPS) is 17.2. The Bertz CT molecular complexity index is 445. The average molecular weight is 208 g/mol. The molecule has 0 atom stereocenters. The first-order chi connectivity index (χ1) is 7.13. The number of hydrogen-bond donors (Lipinski definition) is 1. The first-order valence-corrected chi connectivity index (χ1v) is 4.73. The average Bonchev–Trinajstić information content (AvgIpc) is 2.99. The van der Waals surface area contributed by atoms with Gasteiger partial charge >= 0.3 is 0 Å². The zero-order valence-electron chi connectivity index (χ0n) is 8.06. The fraction of sp³-hybridized carbons (Fsp3) is 0.364. The molecular formula is C11H10F2N2. The van der Waals surface area contributed by atoms with Crippen molar-refractivity contribution < 1.29 is 8.78 Å². The van der Waals surface area contributed by atoms with E-state index in [4.69, 9.17) is 11.0 Å². The van der Waals surface area contributed by atoms with Gasteiger partial charge in [0.05, 0.1) is 5.56 Å². The number of nitrogens with zero attached hydrogens (tertiary/aromatic N) is 1. The summed E-state index contributed by atoms with van der Waals surface area (Å²) in [6, 6.07) is 3.75. The summed E-state index contributed by atoms with van der Waals surface area (Å²) in [4.78, 5) is 0. The van der Waals surface area contributed by atoms with Gasteiger partial charge in [0.2, 0.25) is 0 Å². The van der Waals surface area contributed by atoms with Crippen molar-refractivity contribution >= 4 is 0 Å². The molecule has 0 spiro atoms. The molecule has 2 rings (SSSR count). The number of rotatable bonds is 2. The lowest BCUT2D eigenvalue weighted by molar-refractivity contribution is 0.547. The molecule has 15 heavy (non-hydrogen) atoms. The van der Waals surface area contributed by atoms with Crippen molar-refractivity contribution in [3.05, 3.63) is 34.9 Å². The Morgan fingerprint density at radius 1 is 1.33 bits per heavy atom. The van der Waals surface area contributed by atoms with Crippen molar-refractivity contribution in [1.82, 2.24) is 0 Å². The van der Waals surface area contributed by atoms with Gasteiger partial charge in [-0.3, -0.25) is 0 Å². The van der Waals surface area contributed by atoms with Gasteiger partial charge in [0.15, 0.2) is 0 Å². The zero-order valence-corrected chi connectivity index (χ0v) is 8.06. The van der Waals surface area contributed by atoms with Gasteiger partial charge in [-0.2, -0.15) is 5.26 Å². The third-order valence-electron chi connectivity index (χ3n) is 2.99. The topological polar surface area (TPSA) is 49.8 Å². The Hall–Kier alpha value is -1.47. The van der Waals surface area contributed by atoms with E-state index in [2.05, 4.69) is 0 Å². The summed E-state index contributed by atoms with van der Waals surface area (Å²) >= 11 is 0. The van der Waals surface area contributed by atoms with Gasteiger partial charge in [0.1, 0.15) is 17.7 Å². The van der Waals surface area contributed by atoms with Crippen LogP contribution in [0.1, 0.15) is 24.0 Å². The Balaban J connectivity index is 2.54. The number of nitriles is 1. The smallest absolute Gasteiger partial charge is 0.143 e. The van der Waals surface area contributed by atoms with Crippen LogP contribution in [0.25, 0.3) is 0 Å². The molecule has 0 heterocycles. The van der Waals surface area contributed by atoms with E-state index in [1.54, 1.807) is 6.07 Å². The SMILES string of the molecule is N#Cc1cc(C2(CN)CC2)c(F)cc1F.